The predicted octanol–water partition coefficient (Wildman–Crippen LogP) is 3.20. The molecule has 1 aliphatic rings. The Bertz CT molecular complexity index is 869. The molecule has 0 aromatic heterocycles. The average Bonchev–Trinajstić information content (AvgIpc) is 2.65. The fourth-order valence-corrected chi connectivity index (χ4v) is 3.12. The first-order valence-electron chi connectivity index (χ1n) is 8.85. The molecule has 0 saturated heterocycles. The van der Waals surface area contributed by atoms with Crippen molar-refractivity contribution < 1.29 is 24.0 Å². The van der Waals surface area contributed by atoms with Crippen LogP contribution in [0.25, 0.3) is 0 Å². The van der Waals surface area contributed by atoms with Gasteiger partial charge in [-0.3, -0.25) is 10.1 Å². The first-order chi connectivity index (χ1) is 13.2. The minimum Gasteiger partial charge on any atom is -0.466 e. The van der Waals surface area contributed by atoms with Crippen molar-refractivity contribution in [1.82, 2.24) is 5.32 Å². The quantitative estimate of drug-likeness (QED) is 0.453. The van der Waals surface area contributed by atoms with E-state index in [1.807, 2.05) is 13.8 Å². The highest BCUT2D eigenvalue weighted by molar-refractivity contribution is 5.99. The van der Waals surface area contributed by atoms with E-state index < -0.39 is 22.8 Å². The SMILES string of the molecule is COC(=O)C1=C(C)NC(C)=C(C(=O)OCC(C)C)C1c1cccc([N+](=O)[O-])c1. The van der Waals surface area contributed by atoms with Gasteiger partial charge in [0, 0.05) is 23.5 Å². The molecule has 1 atom stereocenters. The van der Waals surface area contributed by atoms with E-state index in [4.69, 9.17) is 9.47 Å². The Kier molecular flexibility index (Phi) is 6.56. The monoisotopic (exact) mass is 388 g/mol. The summed E-state index contributed by atoms with van der Waals surface area (Å²) in [5.74, 6) is -1.91. The van der Waals surface area contributed by atoms with Crippen LogP contribution in [0.3, 0.4) is 0 Å². The molecule has 0 radical (unpaired) electrons. The van der Waals surface area contributed by atoms with Crippen LogP contribution in [0.2, 0.25) is 0 Å². The van der Waals surface area contributed by atoms with Crippen molar-refractivity contribution in [3.8, 4) is 0 Å². The summed E-state index contributed by atoms with van der Waals surface area (Å²) in [6.07, 6.45) is 0. The van der Waals surface area contributed by atoms with Crippen molar-refractivity contribution >= 4 is 17.6 Å². The smallest absolute Gasteiger partial charge is 0.336 e. The summed E-state index contributed by atoms with van der Waals surface area (Å²) in [5.41, 5.74) is 1.78. The zero-order valence-electron chi connectivity index (χ0n) is 16.6. The maximum Gasteiger partial charge on any atom is 0.336 e. The molecule has 0 bridgehead atoms. The number of nitro groups is 1. The van der Waals surface area contributed by atoms with Gasteiger partial charge in [0.1, 0.15) is 0 Å². The van der Waals surface area contributed by atoms with Crippen molar-refractivity contribution in [2.24, 2.45) is 5.92 Å². The number of nitrogens with one attached hydrogen (secondary N) is 1. The number of hydrogen-bond acceptors (Lipinski definition) is 7. The van der Waals surface area contributed by atoms with Gasteiger partial charge in [-0.25, -0.2) is 9.59 Å². The van der Waals surface area contributed by atoms with Gasteiger partial charge >= 0.3 is 11.9 Å². The fourth-order valence-electron chi connectivity index (χ4n) is 3.12. The Morgan fingerprint density at radius 1 is 1.18 bits per heavy atom. The number of dihydropyridines is 1. The zero-order valence-corrected chi connectivity index (χ0v) is 16.6. The minimum absolute atomic E-state index is 0.134. The Morgan fingerprint density at radius 3 is 2.32 bits per heavy atom. The van der Waals surface area contributed by atoms with Crippen LogP contribution in [-0.4, -0.2) is 30.6 Å². The van der Waals surface area contributed by atoms with E-state index in [0.29, 0.717) is 17.0 Å². The Morgan fingerprint density at radius 2 is 1.79 bits per heavy atom. The Balaban J connectivity index is 2.63. The summed E-state index contributed by atoms with van der Waals surface area (Å²) >= 11 is 0. The number of nitro benzene ring substituents is 1. The molecular weight excluding hydrogens is 364 g/mol. The summed E-state index contributed by atoms with van der Waals surface area (Å²) in [7, 11) is 1.25. The van der Waals surface area contributed by atoms with Crippen LogP contribution in [0.1, 0.15) is 39.2 Å². The van der Waals surface area contributed by atoms with Gasteiger partial charge < -0.3 is 14.8 Å². The van der Waals surface area contributed by atoms with E-state index in [-0.39, 0.29) is 29.4 Å². The standard InChI is InChI=1S/C20H24N2O6/c1-11(2)10-28-20(24)17-13(4)21-12(3)16(19(23)27-5)18(17)14-7-6-8-15(9-14)22(25)26/h6-9,11,18,21H,10H2,1-5H3. The third kappa shape index (κ3) is 4.39. The van der Waals surface area contributed by atoms with Crippen molar-refractivity contribution in [3.05, 3.63) is 62.5 Å². The van der Waals surface area contributed by atoms with Gasteiger partial charge in [-0.15, -0.1) is 0 Å². The molecule has 28 heavy (non-hydrogen) atoms. The average molecular weight is 388 g/mol. The van der Waals surface area contributed by atoms with Gasteiger partial charge in [0.25, 0.3) is 5.69 Å². The second-order valence-electron chi connectivity index (χ2n) is 6.97. The lowest BCUT2D eigenvalue weighted by atomic mass is 9.80. The molecule has 2 rings (SSSR count). The summed E-state index contributed by atoms with van der Waals surface area (Å²) in [6.45, 7) is 7.43. The fraction of sp³-hybridized carbons (Fsp3) is 0.400. The van der Waals surface area contributed by atoms with Crippen LogP contribution in [0.4, 0.5) is 5.69 Å². The molecule has 0 spiro atoms. The number of hydrogen-bond donors (Lipinski definition) is 1. The highest BCUT2D eigenvalue weighted by Gasteiger charge is 2.38. The van der Waals surface area contributed by atoms with Crippen LogP contribution in [0.5, 0.6) is 0 Å². The largest absolute Gasteiger partial charge is 0.466 e. The number of nitrogens with zero attached hydrogens (tertiary/aromatic N) is 1. The zero-order chi connectivity index (χ0) is 21.0. The lowest BCUT2D eigenvalue weighted by Crippen LogP contribution is -2.32. The number of non-ortho nitro benzene ring substituents is 1. The van der Waals surface area contributed by atoms with E-state index in [1.165, 1.54) is 25.3 Å². The second-order valence-corrected chi connectivity index (χ2v) is 6.97. The molecule has 1 unspecified atom stereocenters. The summed E-state index contributed by atoms with van der Waals surface area (Å²) in [6, 6.07) is 5.87. The molecule has 1 aromatic rings. The predicted molar refractivity (Wildman–Crippen MR) is 102 cm³/mol. The molecule has 150 valence electrons. The molecule has 0 saturated carbocycles. The van der Waals surface area contributed by atoms with Crippen LogP contribution < -0.4 is 5.32 Å². The highest BCUT2D eigenvalue weighted by Crippen LogP contribution is 2.40. The first kappa shape index (κ1) is 21.1. The van der Waals surface area contributed by atoms with Gasteiger partial charge in [-0.1, -0.05) is 26.0 Å². The van der Waals surface area contributed by atoms with Crippen LogP contribution >= 0.6 is 0 Å². The molecule has 8 nitrogen and oxygen atoms in total. The number of carbonyl (C=O) groups is 2. The molecule has 0 aliphatic carbocycles. The lowest BCUT2D eigenvalue weighted by Gasteiger charge is -2.30. The highest BCUT2D eigenvalue weighted by atomic mass is 16.6. The number of ether oxygens (including phenoxy) is 2. The molecule has 0 fully saturated rings. The van der Waals surface area contributed by atoms with Crippen molar-refractivity contribution in [3.63, 3.8) is 0 Å². The molecular formula is C20H24N2O6. The number of benzene rings is 1. The van der Waals surface area contributed by atoms with E-state index in [9.17, 15) is 19.7 Å². The van der Waals surface area contributed by atoms with E-state index in [0.717, 1.165) is 0 Å². The molecule has 1 aromatic carbocycles. The van der Waals surface area contributed by atoms with Crippen molar-refractivity contribution in [2.45, 2.75) is 33.6 Å². The maximum absolute atomic E-state index is 12.8. The van der Waals surface area contributed by atoms with Crippen molar-refractivity contribution in [1.29, 1.82) is 0 Å². The number of allylic oxidation sites excluding steroid dienone is 2. The summed E-state index contributed by atoms with van der Waals surface area (Å²) in [5, 5.41) is 14.2. The van der Waals surface area contributed by atoms with Crippen LogP contribution in [-0.2, 0) is 19.1 Å². The lowest BCUT2D eigenvalue weighted by molar-refractivity contribution is -0.384. The molecule has 0 amide bonds. The topological polar surface area (TPSA) is 108 Å². The van der Waals surface area contributed by atoms with Crippen LogP contribution in [0, 0.1) is 16.0 Å². The number of rotatable bonds is 6. The minimum atomic E-state index is -0.840. The van der Waals surface area contributed by atoms with E-state index >= 15 is 0 Å². The molecule has 1 aliphatic heterocycles. The molecule has 8 heteroatoms. The molecule has 1 heterocycles. The third-order valence-electron chi connectivity index (χ3n) is 4.35. The van der Waals surface area contributed by atoms with Crippen molar-refractivity contribution in [2.75, 3.05) is 13.7 Å². The van der Waals surface area contributed by atoms with Gasteiger partial charge in [-0.2, -0.15) is 0 Å². The third-order valence-corrected chi connectivity index (χ3v) is 4.35. The molecule has 1 N–H and O–H groups in total. The normalized spacial score (nSPS) is 16.7. The Labute approximate surface area is 163 Å². The Hall–Kier alpha value is -3.16. The van der Waals surface area contributed by atoms with E-state index in [2.05, 4.69) is 5.32 Å². The maximum atomic E-state index is 12.8. The van der Waals surface area contributed by atoms with Crippen LogP contribution in [0.15, 0.2) is 46.8 Å². The second kappa shape index (κ2) is 8.69. The van der Waals surface area contributed by atoms with Gasteiger partial charge in [-0.05, 0) is 25.3 Å². The number of esters is 2. The number of carbonyl (C=O) groups excluding carboxylic acids is 2. The van der Waals surface area contributed by atoms with Gasteiger partial charge in [0.15, 0.2) is 0 Å². The van der Waals surface area contributed by atoms with E-state index in [1.54, 1.807) is 19.9 Å². The first-order valence-corrected chi connectivity index (χ1v) is 8.85. The summed E-state index contributed by atoms with van der Waals surface area (Å²) < 4.78 is 10.3. The summed E-state index contributed by atoms with van der Waals surface area (Å²) in [4.78, 5) is 36.0. The van der Waals surface area contributed by atoms with Gasteiger partial charge in [0.05, 0.1) is 35.7 Å². The number of methoxy groups -OCH3 is 1. The van der Waals surface area contributed by atoms with Gasteiger partial charge in [0.2, 0.25) is 0 Å².